The molecule has 0 spiro atoms. The van der Waals surface area contributed by atoms with Crippen LogP contribution in [0.25, 0.3) is 5.69 Å². The highest BCUT2D eigenvalue weighted by atomic mass is 79.9. The molecule has 0 bridgehead atoms. The van der Waals surface area contributed by atoms with Crippen molar-refractivity contribution in [2.45, 2.75) is 6.54 Å². The smallest absolute Gasteiger partial charge is 0.275 e. The van der Waals surface area contributed by atoms with Gasteiger partial charge >= 0.3 is 0 Å². The van der Waals surface area contributed by atoms with Gasteiger partial charge in [0, 0.05) is 26.0 Å². The molecule has 2 aromatic heterocycles. The van der Waals surface area contributed by atoms with Crippen molar-refractivity contribution in [3.05, 3.63) is 63.1 Å². The average Bonchev–Trinajstić information content (AvgIpc) is 3.19. The maximum Gasteiger partial charge on any atom is 0.275 e. The molecule has 1 amide bonds. The largest absolute Gasteiger partial charge is 0.336 e. The van der Waals surface area contributed by atoms with Gasteiger partial charge in [0.1, 0.15) is 4.60 Å². The lowest BCUT2D eigenvalue weighted by Gasteiger charge is -2.16. The number of carbonyl (C=O) groups excluding carboxylic acids is 1. The minimum Gasteiger partial charge on any atom is -0.336 e. The highest BCUT2D eigenvalue weighted by molar-refractivity contribution is 9.13. The van der Waals surface area contributed by atoms with Gasteiger partial charge in [0.15, 0.2) is 5.69 Å². The van der Waals surface area contributed by atoms with Crippen molar-refractivity contribution >= 4 is 37.8 Å². The summed E-state index contributed by atoms with van der Waals surface area (Å²) in [5.41, 5.74) is 2.36. The van der Waals surface area contributed by atoms with Gasteiger partial charge < -0.3 is 4.90 Å². The number of hydrogen-bond acceptors (Lipinski definition) is 3. The third-order valence-electron chi connectivity index (χ3n) is 3.34. The summed E-state index contributed by atoms with van der Waals surface area (Å²) in [6, 6.07) is 9.79. The molecular formula is C15H13Br2N5O. The van der Waals surface area contributed by atoms with Crippen LogP contribution in [0, 0.1) is 0 Å². The summed E-state index contributed by atoms with van der Waals surface area (Å²) in [7, 11) is 1.75. The monoisotopic (exact) mass is 437 g/mol. The van der Waals surface area contributed by atoms with E-state index in [4.69, 9.17) is 0 Å². The first-order valence-corrected chi connectivity index (χ1v) is 8.38. The molecule has 2 heterocycles. The molecule has 3 aromatic rings. The molecule has 0 radical (unpaired) electrons. The van der Waals surface area contributed by atoms with Gasteiger partial charge in [0.25, 0.3) is 5.91 Å². The lowest BCUT2D eigenvalue weighted by molar-refractivity contribution is 0.0778. The number of carbonyl (C=O) groups is 1. The number of hydrogen-bond donors (Lipinski definition) is 1. The van der Waals surface area contributed by atoms with Crippen LogP contribution >= 0.6 is 31.9 Å². The van der Waals surface area contributed by atoms with Crippen molar-refractivity contribution in [3.63, 3.8) is 0 Å². The molecule has 6 nitrogen and oxygen atoms in total. The van der Waals surface area contributed by atoms with Gasteiger partial charge in [-0.1, -0.05) is 12.1 Å². The molecule has 0 fully saturated rings. The van der Waals surface area contributed by atoms with E-state index in [9.17, 15) is 4.79 Å². The zero-order valence-electron chi connectivity index (χ0n) is 12.2. The normalized spacial score (nSPS) is 10.7. The Bertz CT molecular complexity index is 811. The molecule has 0 saturated heterocycles. The Balaban J connectivity index is 1.71. The fourth-order valence-electron chi connectivity index (χ4n) is 2.15. The van der Waals surface area contributed by atoms with Crippen molar-refractivity contribution in [3.8, 4) is 5.69 Å². The molecule has 0 aliphatic rings. The first-order valence-electron chi connectivity index (χ1n) is 6.80. The highest BCUT2D eigenvalue weighted by Gasteiger charge is 2.20. The van der Waals surface area contributed by atoms with Crippen molar-refractivity contribution in [1.82, 2.24) is 24.9 Å². The van der Waals surface area contributed by atoms with Crippen LogP contribution in [0.2, 0.25) is 0 Å². The number of nitrogens with one attached hydrogen (secondary N) is 1. The minimum atomic E-state index is -0.157. The minimum absolute atomic E-state index is 0.157. The number of benzene rings is 1. The third-order valence-corrected chi connectivity index (χ3v) is 5.22. The van der Waals surface area contributed by atoms with E-state index in [0.29, 0.717) is 21.3 Å². The van der Waals surface area contributed by atoms with Gasteiger partial charge in [-0.25, -0.2) is 4.68 Å². The van der Waals surface area contributed by atoms with Crippen LogP contribution in [-0.2, 0) is 6.54 Å². The van der Waals surface area contributed by atoms with E-state index in [1.54, 1.807) is 22.8 Å². The van der Waals surface area contributed by atoms with Gasteiger partial charge in [-0.2, -0.15) is 10.2 Å². The van der Waals surface area contributed by atoms with Crippen molar-refractivity contribution < 1.29 is 4.79 Å². The maximum absolute atomic E-state index is 12.4. The number of amides is 1. The Hall–Kier alpha value is -1.93. The summed E-state index contributed by atoms with van der Waals surface area (Å²) in [5.74, 6) is -0.157. The number of H-pyrrole nitrogens is 1. The van der Waals surface area contributed by atoms with Crippen LogP contribution in [0.4, 0.5) is 0 Å². The average molecular weight is 439 g/mol. The molecule has 0 aliphatic carbocycles. The number of aromatic amines is 1. The van der Waals surface area contributed by atoms with E-state index in [1.165, 1.54) is 0 Å². The van der Waals surface area contributed by atoms with Crippen LogP contribution in [0.3, 0.4) is 0 Å². The van der Waals surface area contributed by atoms with Gasteiger partial charge in [0.05, 0.1) is 10.2 Å². The zero-order chi connectivity index (χ0) is 16.4. The lowest BCUT2D eigenvalue weighted by atomic mass is 10.2. The quantitative estimate of drug-likeness (QED) is 0.678. The van der Waals surface area contributed by atoms with Crippen LogP contribution in [0.15, 0.2) is 51.8 Å². The Labute approximate surface area is 149 Å². The van der Waals surface area contributed by atoms with Crippen LogP contribution in [-0.4, -0.2) is 37.8 Å². The molecule has 1 N–H and O–H groups in total. The summed E-state index contributed by atoms with van der Waals surface area (Å²) < 4.78 is 3.07. The summed E-state index contributed by atoms with van der Waals surface area (Å²) >= 11 is 6.62. The molecule has 0 unspecified atom stereocenters. The number of aromatic nitrogens is 4. The Morgan fingerprint density at radius 3 is 2.61 bits per heavy atom. The van der Waals surface area contributed by atoms with Gasteiger partial charge in [0.2, 0.25) is 0 Å². The van der Waals surface area contributed by atoms with E-state index < -0.39 is 0 Å². The topological polar surface area (TPSA) is 66.8 Å². The molecule has 1 aromatic carbocycles. The third kappa shape index (κ3) is 3.37. The zero-order valence-corrected chi connectivity index (χ0v) is 15.4. The summed E-state index contributed by atoms with van der Waals surface area (Å²) in [6.45, 7) is 0.495. The number of nitrogens with zero attached hydrogens (tertiary/aromatic N) is 4. The molecule has 0 aliphatic heterocycles. The van der Waals surface area contributed by atoms with Crippen molar-refractivity contribution in [2.75, 3.05) is 7.05 Å². The second-order valence-corrected chi connectivity index (χ2v) is 6.56. The van der Waals surface area contributed by atoms with E-state index >= 15 is 0 Å². The molecular weight excluding hydrogens is 426 g/mol. The Morgan fingerprint density at radius 2 is 2.04 bits per heavy atom. The van der Waals surface area contributed by atoms with E-state index in [0.717, 1.165) is 11.3 Å². The molecule has 118 valence electrons. The summed E-state index contributed by atoms with van der Waals surface area (Å²) in [6.07, 6.45) is 3.62. The van der Waals surface area contributed by atoms with E-state index in [-0.39, 0.29) is 5.91 Å². The van der Waals surface area contributed by atoms with Gasteiger partial charge in [-0.15, -0.1) is 0 Å². The second kappa shape index (κ2) is 6.67. The molecule has 23 heavy (non-hydrogen) atoms. The van der Waals surface area contributed by atoms with Crippen LogP contribution < -0.4 is 0 Å². The van der Waals surface area contributed by atoms with Crippen LogP contribution in [0.5, 0.6) is 0 Å². The Morgan fingerprint density at radius 1 is 1.30 bits per heavy atom. The van der Waals surface area contributed by atoms with Gasteiger partial charge in [-0.3, -0.25) is 9.89 Å². The van der Waals surface area contributed by atoms with E-state index in [2.05, 4.69) is 47.2 Å². The fourth-order valence-corrected chi connectivity index (χ4v) is 2.77. The first-order chi connectivity index (χ1) is 11.1. The SMILES string of the molecule is CN(Cc1ccc(-n2cccn2)cc1)C(=O)c1n[nH]c(Br)c1Br. The predicted octanol–water partition coefficient (Wildman–Crippen LogP) is 3.39. The maximum atomic E-state index is 12.4. The first kappa shape index (κ1) is 15.9. The number of rotatable bonds is 4. The standard InChI is InChI=1S/C15H13Br2N5O/c1-21(15(23)13-12(16)14(17)20-19-13)9-10-3-5-11(6-4-10)22-8-2-7-18-22/h2-8H,9H2,1H3,(H,19,20). The number of halogens is 2. The van der Waals surface area contributed by atoms with Crippen molar-refractivity contribution in [2.24, 2.45) is 0 Å². The van der Waals surface area contributed by atoms with Crippen LogP contribution in [0.1, 0.15) is 16.1 Å². The lowest BCUT2D eigenvalue weighted by Crippen LogP contribution is -2.26. The summed E-state index contributed by atoms with van der Waals surface area (Å²) in [4.78, 5) is 14.0. The highest BCUT2D eigenvalue weighted by Crippen LogP contribution is 2.25. The second-order valence-electron chi connectivity index (χ2n) is 4.98. The molecule has 0 saturated carbocycles. The molecule has 3 rings (SSSR count). The molecule has 0 atom stereocenters. The Kier molecular flexibility index (Phi) is 4.63. The van der Waals surface area contributed by atoms with E-state index in [1.807, 2.05) is 36.5 Å². The van der Waals surface area contributed by atoms with Crippen molar-refractivity contribution in [1.29, 1.82) is 0 Å². The predicted molar refractivity (Wildman–Crippen MR) is 93.3 cm³/mol. The van der Waals surface area contributed by atoms with Gasteiger partial charge in [-0.05, 0) is 55.6 Å². The fraction of sp³-hybridized carbons (Fsp3) is 0.133. The summed E-state index contributed by atoms with van der Waals surface area (Å²) in [5, 5.41) is 10.9. The molecule has 8 heteroatoms.